The first kappa shape index (κ1) is 73.5. The normalized spacial score (nSPS) is 18.2. The quantitative estimate of drug-likeness (QED) is 0.0398. The van der Waals surface area contributed by atoms with E-state index in [0.717, 1.165) is 38.5 Å². The van der Waals surface area contributed by atoms with Gasteiger partial charge in [-0.3, -0.25) is 47.9 Å². The Bertz CT molecular complexity index is 2240. The fourth-order valence-electron chi connectivity index (χ4n) is 10.6. The third kappa shape index (κ3) is 26.1. The van der Waals surface area contributed by atoms with E-state index in [1.54, 1.807) is 4.90 Å². The SMILES string of the molecule is CC[C@H](C)/C=C/C(=O)N1C[C@@H](C)C[C@H]1C(=O)N[C@@H](CCC1CCCCC1)C(=O)N[C@@H](CC(C)C)C(=O)NC(C)(C)C(=O)N[C@@H](CC(C)C)C(=O)N[C@@H](CC(C)C)C(=O)NC(C)(C)C(=O)NC(C)(C)C(=O)NCCC(=O)NC(C)(C)CN(C)C. The van der Waals surface area contributed by atoms with Crippen LogP contribution in [0.3, 0.4) is 0 Å². The summed E-state index contributed by atoms with van der Waals surface area (Å²) in [6, 6.07) is -5.21. The minimum Gasteiger partial charge on any atom is -0.354 e. The molecule has 0 aromatic rings. The average Bonchev–Trinajstić information content (AvgIpc) is 4.04. The molecule has 0 bridgehead atoms. The largest absolute Gasteiger partial charge is 0.354 e. The van der Waals surface area contributed by atoms with E-state index < -0.39 is 99.6 Å². The smallest absolute Gasteiger partial charge is 0.246 e. The summed E-state index contributed by atoms with van der Waals surface area (Å²) in [7, 11) is 3.81. The van der Waals surface area contributed by atoms with Crippen LogP contribution in [0.2, 0.25) is 0 Å². The zero-order valence-corrected chi connectivity index (χ0v) is 54.3. The fraction of sp³-hybridized carbons (Fsp3) is 0.806. The summed E-state index contributed by atoms with van der Waals surface area (Å²) in [4.78, 5) is 142. The lowest BCUT2D eigenvalue weighted by molar-refractivity contribution is -0.139. The minimum atomic E-state index is -1.63. The minimum absolute atomic E-state index is 0.0156. The predicted octanol–water partition coefficient (Wildman–Crippen LogP) is 4.91. The van der Waals surface area contributed by atoms with Crippen molar-refractivity contribution in [3.05, 3.63) is 12.2 Å². The van der Waals surface area contributed by atoms with Crippen molar-refractivity contribution in [2.75, 3.05) is 33.7 Å². The second kappa shape index (κ2) is 33.2. The second-order valence-corrected chi connectivity index (χ2v) is 27.8. The van der Waals surface area contributed by atoms with Crippen LogP contribution in [-0.2, 0) is 47.9 Å². The Kier molecular flexibility index (Phi) is 29.4. The van der Waals surface area contributed by atoms with Gasteiger partial charge in [0.1, 0.15) is 46.8 Å². The highest BCUT2D eigenvalue weighted by Gasteiger charge is 2.42. The molecule has 2 fully saturated rings. The highest BCUT2D eigenvalue weighted by Crippen LogP contribution is 2.29. The van der Waals surface area contributed by atoms with E-state index >= 15 is 0 Å². The standard InChI is InChI=1S/C62H111N11O10/c1-20-41(8)26-29-50(75)73-36-42(9)35-48(73)55(80)64-44(28-27-43-24-22-21-23-25-43)51(76)65-46(33-39(4)5)53(78)69-61(14,15)57(82)67-45(32-38(2)3)52(77)66-47(34-40(6)7)54(79)70-62(16,17)58(83)71-60(12,13)56(81)63-31-30-49(74)68-59(10,11)37-72(18)19/h26,29,38-48H,20-25,27-28,30-37H2,1-19H3,(H,63,81)(H,64,80)(H,65,76)(H,66,77)(H,67,82)(H,68,74)(H,69,78)(H,70,79)(H,71,83)/b29-26+/t41-,42-,44-,45-,46-,47-,48-/m0/s1. The van der Waals surface area contributed by atoms with Gasteiger partial charge in [-0.2, -0.15) is 0 Å². The third-order valence-electron chi connectivity index (χ3n) is 15.4. The molecule has 9 N–H and O–H groups in total. The van der Waals surface area contributed by atoms with Crippen molar-refractivity contribution in [3.8, 4) is 0 Å². The second-order valence-electron chi connectivity index (χ2n) is 27.8. The summed E-state index contributed by atoms with van der Waals surface area (Å²) in [6.07, 6.45) is 11.7. The summed E-state index contributed by atoms with van der Waals surface area (Å²) < 4.78 is 0. The molecule has 1 saturated heterocycles. The maximum Gasteiger partial charge on any atom is 0.246 e. The highest BCUT2D eigenvalue weighted by atomic mass is 16.2. The number of carbonyl (C=O) groups is 10. The molecule has 1 saturated carbocycles. The summed E-state index contributed by atoms with van der Waals surface area (Å²) in [6.45, 7) is 31.1. The molecule has 21 nitrogen and oxygen atoms in total. The molecule has 1 aliphatic carbocycles. The molecule has 474 valence electrons. The van der Waals surface area contributed by atoms with Gasteiger partial charge in [0.2, 0.25) is 59.1 Å². The van der Waals surface area contributed by atoms with E-state index in [2.05, 4.69) is 47.9 Å². The van der Waals surface area contributed by atoms with E-state index in [0.29, 0.717) is 38.3 Å². The lowest BCUT2D eigenvalue weighted by atomic mass is 9.85. The van der Waals surface area contributed by atoms with Crippen molar-refractivity contribution in [1.82, 2.24) is 57.7 Å². The first-order valence-corrected chi connectivity index (χ1v) is 30.7. The Balaban J connectivity index is 2.26. The summed E-state index contributed by atoms with van der Waals surface area (Å²) in [5.74, 6) is -5.06. The fourth-order valence-corrected chi connectivity index (χ4v) is 10.6. The summed E-state index contributed by atoms with van der Waals surface area (Å²) in [5, 5.41) is 25.4. The number of likely N-dealkylation sites (tertiary alicyclic amines) is 1. The molecule has 0 aromatic heterocycles. The van der Waals surface area contributed by atoms with Crippen LogP contribution in [0, 0.1) is 35.5 Å². The molecule has 0 unspecified atom stereocenters. The van der Waals surface area contributed by atoms with E-state index in [4.69, 9.17) is 0 Å². The molecule has 10 amide bonds. The summed E-state index contributed by atoms with van der Waals surface area (Å²) in [5.41, 5.74) is -5.16. The van der Waals surface area contributed by atoms with Crippen LogP contribution in [0.5, 0.6) is 0 Å². The maximum absolute atomic E-state index is 14.5. The van der Waals surface area contributed by atoms with Crippen LogP contribution in [0.15, 0.2) is 12.2 Å². The Hall–Kier alpha value is -5.60. The Labute approximate surface area is 497 Å². The van der Waals surface area contributed by atoms with Crippen molar-refractivity contribution in [3.63, 3.8) is 0 Å². The van der Waals surface area contributed by atoms with Gasteiger partial charge in [-0.15, -0.1) is 0 Å². The van der Waals surface area contributed by atoms with Crippen molar-refractivity contribution in [1.29, 1.82) is 0 Å². The highest BCUT2D eigenvalue weighted by molar-refractivity contribution is 6.00. The number of carbonyl (C=O) groups excluding carboxylic acids is 10. The van der Waals surface area contributed by atoms with E-state index in [-0.39, 0.29) is 73.6 Å². The van der Waals surface area contributed by atoms with Gasteiger partial charge in [-0.1, -0.05) is 107 Å². The molecule has 0 aromatic carbocycles. The molecule has 83 heavy (non-hydrogen) atoms. The van der Waals surface area contributed by atoms with E-state index in [9.17, 15) is 47.9 Å². The zero-order valence-electron chi connectivity index (χ0n) is 54.3. The van der Waals surface area contributed by atoms with Crippen LogP contribution in [-0.4, -0.2) is 155 Å². The molecule has 2 aliphatic rings. The number of rotatable bonds is 33. The van der Waals surface area contributed by atoms with Gasteiger partial charge < -0.3 is 57.7 Å². The van der Waals surface area contributed by atoms with Crippen LogP contribution in [0.4, 0.5) is 0 Å². The molecule has 1 aliphatic heterocycles. The van der Waals surface area contributed by atoms with Gasteiger partial charge in [-0.25, -0.2) is 0 Å². The first-order chi connectivity index (χ1) is 38.3. The van der Waals surface area contributed by atoms with Gasteiger partial charge in [-0.05, 0) is 150 Å². The monoisotopic (exact) mass is 1170 g/mol. The Morgan fingerprint density at radius 1 is 0.590 bits per heavy atom. The molecule has 0 radical (unpaired) electrons. The summed E-state index contributed by atoms with van der Waals surface area (Å²) >= 11 is 0. The first-order valence-electron chi connectivity index (χ1n) is 30.7. The topological polar surface area (TPSA) is 285 Å². The lowest BCUT2D eigenvalue weighted by Crippen LogP contribution is -2.65. The van der Waals surface area contributed by atoms with Crippen molar-refractivity contribution in [2.45, 2.75) is 254 Å². The van der Waals surface area contributed by atoms with Crippen LogP contribution < -0.4 is 47.9 Å². The number of hydrogen-bond acceptors (Lipinski definition) is 11. The zero-order chi connectivity index (χ0) is 63.4. The molecule has 2 rings (SSSR count). The molecule has 1 heterocycles. The molecule has 21 heteroatoms. The number of likely N-dealkylation sites (N-methyl/N-ethyl adjacent to an activating group) is 1. The number of nitrogens with zero attached hydrogens (tertiary/aromatic N) is 2. The van der Waals surface area contributed by atoms with Gasteiger partial charge in [0.25, 0.3) is 0 Å². The molecule has 0 spiro atoms. The maximum atomic E-state index is 14.5. The van der Waals surface area contributed by atoms with Gasteiger partial charge in [0, 0.05) is 31.6 Å². The lowest BCUT2D eigenvalue weighted by Gasteiger charge is -2.34. The molecule has 7 atom stereocenters. The van der Waals surface area contributed by atoms with Crippen molar-refractivity contribution < 1.29 is 47.9 Å². The predicted molar refractivity (Wildman–Crippen MR) is 325 cm³/mol. The number of hydrogen-bond donors (Lipinski definition) is 9. The number of amides is 10. The third-order valence-corrected chi connectivity index (χ3v) is 15.4. The van der Waals surface area contributed by atoms with Crippen LogP contribution in [0.1, 0.15) is 201 Å². The van der Waals surface area contributed by atoms with Crippen molar-refractivity contribution in [2.24, 2.45) is 35.5 Å². The number of allylic oxidation sites excluding steroid dienone is 1. The van der Waals surface area contributed by atoms with Crippen LogP contribution >= 0.6 is 0 Å². The molecular weight excluding hydrogens is 1060 g/mol. The van der Waals surface area contributed by atoms with Crippen LogP contribution in [0.25, 0.3) is 0 Å². The Morgan fingerprint density at radius 3 is 1.57 bits per heavy atom. The van der Waals surface area contributed by atoms with E-state index in [1.807, 2.05) is 101 Å². The van der Waals surface area contributed by atoms with Gasteiger partial charge in [0.15, 0.2) is 0 Å². The van der Waals surface area contributed by atoms with Gasteiger partial charge >= 0.3 is 0 Å². The van der Waals surface area contributed by atoms with Gasteiger partial charge in [0.05, 0.1) is 0 Å². The Morgan fingerprint density at radius 2 is 1.07 bits per heavy atom. The average molecular weight is 1170 g/mol. The van der Waals surface area contributed by atoms with E-state index in [1.165, 1.54) is 47.6 Å². The van der Waals surface area contributed by atoms with Crippen molar-refractivity contribution >= 4 is 59.1 Å². The number of nitrogens with one attached hydrogen (secondary N) is 9. The molecular formula is C62H111N11O10.